The van der Waals surface area contributed by atoms with E-state index in [1.807, 2.05) is 24.3 Å². The molecule has 0 fully saturated rings. The highest BCUT2D eigenvalue weighted by Gasteiger charge is 2.33. The first-order valence-corrected chi connectivity index (χ1v) is 10.3. The Bertz CT molecular complexity index is 774. The van der Waals surface area contributed by atoms with Gasteiger partial charge in [-0.3, -0.25) is 4.79 Å². The Kier molecular flexibility index (Phi) is 8.74. The lowest BCUT2D eigenvalue weighted by Crippen LogP contribution is -2.27. The van der Waals surface area contributed by atoms with Crippen molar-refractivity contribution >= 4 is 11.9 Å². The molecule has 2 rings (SSSR count). The van der Waals surface area contributed by atoms with Crippen LogP contribution < -0.4 is 0 Å². The van der Waals surface area contributed by atoms with Crippen molar-refractivity contribution in [1.82, 2.24) is 4.90 Å². The quantitative estimate of drug-likeness (QED) is 0.452. The van der Waals surface area contributed by atoms with Gasteiger partial charge in [-0.1, -0.05) is 56.4 Å². The minimum Gasteiger partial charge on any atom is -0.503 e. The lowest BCUT2D eigenvalue weighted by molar-refractivity contribution is -0.136. The summed E-state index contributed by atoms with van der Waals surface area (Å²) in [5, 5.41) is 18.7. The van der Waals surface area contributed by atoms with Crippen LogP contribution in [0.25, 0.3) is 0 Å². The summed E-state index contributed by atoms with van der Waals surface area (Å²) in [7, 11) is 0. The van der Waals surface area contributed by atoms with Crippen LogP contribution >= 0.6 is 0 Å². The number of amides is 1. The van der Waals surface area contributed by atoms with E-state index in [-0.39, 0.29) is 25.1 Å². The number of hydrogen-bond acceptors (Lipinski definition) is 3. The van der Waals surface area contributed by atoms with Crippen LogP contribution in [-0.2, 0) is 22.6 Å². The number of nitrogens with zero attached hydrogens (tertiary/aromatic N) is 1. The summed E-state index contributed by atoms with van der Waals surface area (Å²) in [6, 6.07) is 7.70. The molecule has 0 aliphatic carbocycles. The van der Waals surface area contributed by atoms with Crippen molar-refractivity contribution in [1.29, 1.82) is 0 Å². The smallest absolute Gasteiger partial charge is 0.389 e. The molecule has 0 atom stereocenters. The zero-order valence-corrected chi connectivity index (χ0v) is 16.9. The lowest BCUT2D eigenvalue weighted by Gasteiger charge is -2.16. The number of aliphatic hydroxyl groups is 1. The fraction of sp³-hybridized carbons (Fsp3) is 0.545. The standard InChI is InChI=1S/C22H28F3NO4/c23-22(24,25)12-7-5-3-1-2-4-6-9-16-10-8-11-17(13-16)14-26-15-18(21(29)30)19(27)20(26)28/h8,10-11,13,27H,1-7,9,12,14-15H2,(H,29,30). The fourth-order valence-corrected chi connectivity index (χ4v) is 3.56. The van der Waals surface area contributed by atoms with Gasteiger partial charge in [0.1, 0.15) is 5.57 Å². The number of carboxylic acid groups (broad SMARTS) is 1. The van der Waals surface area contributed by atoms with Crippen LogP contribution in [0.15, 0.2) is 35.6 Å². The molecule has 0 aromatic heterocycles. The molecule has 1 aliphatic heterocycles. The summed E-state index contributed by atoms with van der Waals surface area (Å²) < 4.78 is 36.2. The Morgan fingerprint density at radius 1 is 1.00 bits per heavy atom. The molecule has 1 amide bonds. The first-order chi connectivity index (χ1) is 14.2. The van der Waals surface area contributed by atoms with Crippen molar-refractivity contribution in [2.75, 3.05) is 6.54 Å². The monoisotopic (exact) mass is 427 g/mol. The molecule has 8 heteroatoms. The summed E-state index contributed by atoms with van der Waals surface area (Å²) in [6.07, 6.45) is 1.68. The Balaban J connectivity index is 1.67. The van der Waals surface area contributed by atoms with Crippen LogP contribution in [0.5, 0.6) is 0 Å². The number of carboxylic acids is 1. The molecule has 0 bridgehead atoms. The lowest BCUT2D eigenvalue weighted by atomic mass is 10.0. The molecular weight excluding hydrogens is 399 g/mol. The number of benzene rings is 1. The van der Waals surface area contributed by atoms with Crippen LogP contribution in [0.4, 0.5) is 13.2 Å². The van der Waals surface area contributed by atoms with Crippen molar-refractivity contribution in [2.45, 2.75) is 70.5 Å². The van der Waals surface area contributed by atoms with Crippen LogP contribution in [0.3, 0.4) is 0 Å². The topological polar surface area (TPSA) is 77.8 Å². The number of aliphatic carboxylic acids is 1. The molecule has 1 aliphatic rings. The maximum absolute atomic E-state index is 12.1. The van der Waals surface area contributed by atoms with Gasteiger partial charge in [0, 0.05) is 13.0 Å². The Hall–Kier alpha value is -2.51. The number of hydrogen-bond donors (Lipinski definition) is 2. The fourth-order valence-electron chi connectivity index (χ4n) is 3.56. The molecule has 0 saturated carbocycles. The van der Waals surface area contributed by atoms with Gasteiger partial charge in [0.25, 0.3) is 5.91 Å². The van der Waals surface area contributed by atoms with Gasteiger partial charge in [-0.15, -0.1) is 0 Å². The minimum atomic E-state index is -4.05. The SMILES string of the molecule is O=C(O)C1=C(O)C(=O)N(Cc2cccc(CCCCCCCCCC(F)(F)F)c2)C1. The summed E-state index contributed by atoms with van der Waals surface area (Å²) in [5.41, 5.74) is 1.69. The third-order valence-electron chi connectivity index (χ3n) is 5.17. The van der Waals surface area contributed by atoms with Gasteiger partial charge in [0.2, 0.25) is 0 Å². The largest absolute Gasteiger partial charge is 0.503 e. The van der Waals surface area contributed by atoms with Gasteiger partial charge in [0.15, 0.2) is 5.76 Å². The second-order valence-electron chi connectivity index (χ2n) is 7.70. The number of carbonyl (C=O) groups is 2. The second kappa shape index (κ2) is 11.0. The zero-order chi connectivity index (χ0) is 22.1. The maximum Gasteiger partial charge on any atom is 0.389 e. The Morgan fingerprint density at radius 3 is 2.20 bits per heavy atom. The molecular formula is C22H28F3NO4. The van der Waals surface area contributed by atoms with Crippen LogP contribution in [-0.4, -0.2) is 39.7 Å². The zero-order valence-electron chi connectivity index (χ0n) is 16.9. The highest BCUT2D eigenvalue weighted by atomic mass is 19.4. The van der Waals surface area contributed by atoms with Crippen molar-refractivity contribution in [3.05, 3.63) is 46.7 Å². The van der Waals surface area contributed by atoms with Gasteiger partial charge in [-0.05, 0) is 30.4 Å². The average Bonchev–Trinajstić information content (AvgIpc) is 2.95. The highest BCUT2D eigenvalue weighted by Crippen LogP contribution is 2.23. The molecule has 5 nitrogen and oxygen atoms in total. The van der Waals surface area contributed by atoms with Crippen LogP contribution in [0.1, 0.15) is 62.5 Å². The first kappa shape index (κ1) is 23.8. The van der Waals surface area contributed by atoms with E-state index in [9.17, 15) is 27.9 Å². The number of carbonyl (C=O) groups excluding carboxylic acids is 1. The Labute approximate surface area is 174 Å². The predicted octanol–water partition coefficient (Wildman–Crippen LogP) is 5.15. The number of alkyl halides is 3. The summed E-state index contributed by atoms with van der Waals surface area (Å²) in [5.74, 6) is -2.66. The molecule has 0 spiro atoms. The number of unbranched alkanes of at least 4 members (excludes halogenated alkanes) is 6. The number of aliphatic hydroxyl groups excluding tert-OH is 1. The van der Waals surface area contributed by atoms with Gasteiger partial charge >= 0.3 is 12.1 Å². The van der Waals surface area contributed by atoms with Gasteiger partial charge < -0.3 is 15.1 Å². The van der Waals surface area contributed by atoms with Crippen molar-refractivity contribution in [2.24, 2.45) is 0 Å². The molecule has 2 N–H and O–H groups in total. The molecule has 0 unspecified atom stereocenters. The third-order valence-corrected chi connectivity index (χ3v) is 5.17. The number of rotatable bonds is 12. The van der Waals surface area contributed by atoms with Gasteiger partial charge in [-0.25, -0.2) is 4.79 Å². The second-order valence-corrected chi connectivity index (χ2v) is 7.70. The van der Waals surface area contributed by atoms with E-state index in [1.165, 1.54) is 4.90 Å². The van der Waals surface area contributed by atoms with Gasteiger partial charge in [0.05, 0.1) is 6.54 Å². The molecule has 0 radical (unpaired) electrons. The van der Waals surface area contributed by atoms with E-state index in [0.717, 1.165) is 49.7 Å². The Morgan fingerprint density at radius 2 is 1.60 bits per heavy atom. The minimum absolute atomic E-state index is 0.118. The molecule has 0 saturated heterocycles. The van der Waals surface area contributed by atoms with E-state index in [1.54, 1.807) is 0 Å². The van der Waals surface area contributed by atoms with E-state index in [0.29, 0.717) is 6.42 Å². The third kappa shape index (κ3) is 7.72. The van der Waals surface area contributed by atoms with Crippen molar-refractivity contribution in [3.63, 3.8) is 0 Å². The summed E-state index contributed by atoms with van der Waals surface area (Å²) >= 11 is 0. The van der Waals surface area contributed by atoms with E-state index < -0.39 is 30.2 Å². The highest BCUT2D eigenvalue weighted by molar-refractivity contribution is 6.04. The van der Waals surface area contributed by atoms with E-state index in [2.05, 4.69) is 0 Å². The number of aryl methyl sites for hydroxylation is 1. The molecule has 1 aromatic carbocycles. The predicted molar refractivity (Wildman–Crippen MR) is 106 cm³/mol. The molecule has 166 valence electrons. The normalized spacial score (nSPS) is 14.6. The average molecular weight is 427 g/mol. The first-order valence-electron chi connectivity index (χ1n) is 10.3. The van der Waals surface area contributed by atoms with Crippen LogP contribution in [0.2, 0.25) is 0 Å². The summed E-state index contributed by atoms with van der Waals surface area (Å²) in [6.45, 7) is 0.110. The molecule has 1 heterocycles. The molecule has 1 aromatic rings. The number of halogens is 3. The van der Waals surface area contributed by atoms with Crippen molar-refractivity contribution < 1.29 is 33.0 Å². The maximum atomic E-state index is 12.1. The van der Waals surface area contributed by atoms with Gasteiger partial charge in [-0.2, -0.15) is 13.2 Å². The summed E-state index contributed by atoms with van der Waals surface area (Å²) in [4.78, 5) is 24.4. The van der Waals surface area contributed by atoms with Crippen molar-refractivity contribution in [3.8, 4) is 0 Å². The van der Waals surface area contributed by atoms with Crippen LogP contribution in [0, 0.1) is 0 Å². The van der Waals surface area contributed by atoms with E-state index >= 15 is 0 Å². The van der Waals surface area contributed by atoms with E-state index in [4.69, 9.17) is 5.11 Å². The molecule has 30 heavy (non-hydrogen) atoms.